The summed E-state index contributed by atoms with van der Waals surface area (Å²) < 4.78 is 6.17. The van der Waals surface area contributed by atoms with Crippen LogP contribution in [-0.4, -0.2) is 29.6 Å². The third kappa shape index (κ3) is 6.46. The Hall–Kier alpha value is -2.56. The molecule has 2 rings (SSSR count). The van der Waals surface area contributed by atoms with Crippen molar-refractivity contribution in [2.45, 2.75) is 73.8 Å². The number of hydrogen-bond acceptors (Lipinski definition) is 3. The number of hydrogen-bond donors (Lipinski definition) is 2. The van der Waals surface area contributed by atoms with E-state index in [1.807, 2.05) is 52.0 Å². The van der Waals surface area contributed by atoms with E-state index in [9.17, 15) is 14.7 Å². The van der Waals surface area contributed by atoms with E-state index in [2.05, 4.69) is 26.1 Å². The van der Waals surface area contributed by atoms with Crippen molar-refractivity contribution in [1.82, 2.24) is 5.32 Å². The third-order valence-electron chi connectivity index (χ3n) is 5.90. The molecule has 5 nitrogen and oxygen atoms in total. The minimum absolute atomic E-state index is 0.208. The van der Waals surface area contributed by atoms with Gasteiger partial charge in [-0.2, -0.15) is 0 Å². The number of aryl methyl sites for hydroxylation is 1. The molecule has 0 saturated carbocycles. The quantitative estimate of drug-likeness (QED) is 0.483. The third-order valence-corrected chi connectivity index (χ3v) is 5.90. The van der Waals surface area contributed by atoms with Crippen molar-refractivity contribution in [2.24, 2.45) is 10.8 Å². The summed E-state index contributed by atoms with van der Waals surface area (Å²) in [4.78, 5) is 25.1. The average molecular weight is 428 g/mol. The van der Waals surface area contributed by atoms with Crippen molar-refractivity contribution < 1.29 is 19.4 Å². The van der Waals surface area contributed by atoms with Gasteiger partial charge in [0.2, 0.25) is 0 Å². The molecule has 1 amide bonds. The molecule has 5 heteroatoms. The summed E-state index contributed by atoms with van der Waals surface area (Å²) in [6.45, 7) is 14.7. The number of ether oxygens (including phenoxy) is 1. The first-order valence-corrected chi connectivity index (χ1v) is 11.1. The van der Waals surface area contributed by atoms with E-state index in [1.54, 1.807) is 6.07 Å². The number of fused-ring (bicyclic) bond motifs is 1. The number of nitrogens with one attached hydrogen (secondary N) is 1. The van der Waals surface area contributed by atoms with E-state index in [4.69, 9.17) is 4.74 Å². The van der Waals surface area contributed by atoms with Crippen LogP contribution >= 0.6 is 0 Å². The van der Waals surface area contributed by atoms with Crippen LogP contribution in [0.5, 0.6) is 5.75 Å². The molecule has 2 aromatic rings. The Morgan fingerprint density at radius 2 is 1.74 bits per heavy atom. The lowest BCUT2D eigenvalue weighted by Crippen LogP contribution is -2.50. The maximum absolute atomic E-state index is 13.2. The number of carboxylic acids is 1. The van der Waals surface area contributed by atoms with Crippen molar-refractivity contribution in [3.8, 4) is 5.75 Å². The molecular formula is C26H37NO4. The van der Waals surface area contributed by atoms with E-state index >= 15 is 0 Å². The fourth-order valence-corrected chi connectivity index (χ4v) is 3.52. The number of amides is 1. The number of benzene rings is 2. The van der Waals surface area contributed by atoms with E-state index in [0.29, 0.717) is 24.3 Å². The molecule has 170 valence electrons. The summed E-state index contributed by atoms with van der Waals surface area (Å²) in [5, 5.41) is 14.3. The van der Waals surface area contributed by atoms with E-state index in [1.165, 1.54) is 0 Å². The average Bonchev–Trinajstić information content (AvgIpc) is 2.67. The fraction of sp³-hybridized carbons (Fsp3) is 0.538. The maximum Gasteiger partial charge on any atom is 0.326 e. The molecule has 0 aliphatic rings. The summed E-state index contributed by atoms with van der Waals surface area (Å²) >= 11 is 0. The molecule has 0 spiro atoms. The van der Waals surface area contributed by atoms with Gasteiger partial charge in [0, 0.05) is 5.39 Å². The lowest BCUT2D eigenvalue weighted by Gasteiger charge is -2.31. The van der Waals surface area contributed by atoms with Crippen LogP contribution in [-0.2, 0) is 4.79 Å². The van der Waals surface area contributed by atoms with Crippen molar-refractivity contribution in [3.63, 3.8) is 0 Å². The normalized spacial score (nSPS) is 13.1. The number of carboxylic acid groups (broad SMARTS) is 1. The van der Waals surface area contributed by atoms with Gasteiger partial charge in [-0.05, 0) is 54.5 Å². The molecule has 0 radical (unpaired) electrons. The van der Waals surface area contributed by atoms with Gasteiger partial charge in [-0.1, -0.05) is 65.3 Å². The molecule has 0 heterocycles. The molecule has 2 aromatic carbocycles. The van der Waals surface area contributed by atoms with Gasteiger partial charge in [0.15, 0.2) is 0 Å². The van der Waals surface area contributed by atoms with Gasteiger partial charge in [-0.3, -0.25) is 4.79 Å². The summed E-state index contributed by atoms with van der Waals surface area (Å²) in [6.07, 6.45) is 2.49. The zero-order valence-corrected chi connectivity index (χ0v) is 20.0. The van der Waals surface area contributed by atoms with Crippen molar-refractivity contribution in [1.29, 1.82) is 0 Å². The molecule has 1 unspecified atom stereocenters. The molecule has 0 aliphatic carbocycles. The summed E-state index contributed by atoms with van der Waals surface area (Å²) in [5.41, 5.74) is 1.06. The molecule has 0 bridgehead atoms. The second-order valence-electron chi connectivity index (χ2n) is 10.3. The van der Waals surface area contributed by atoms with Crippen LogP contribution in [0.15, 0.2) is 30.3 Å². The van der Waals surface area contributed by atoms with Gasteiger partial charge >= 0.3 is 5.97 Å². The number of rotatable bonds is 9. The molecule has 0 aromatic heterocycles. The molecule has 2 N–H and O–H groups in total. The lowest BCUT2D eigenvalue weighted by atomic mass is 9.81. The second kappa shape index (κ2) is 9.71. The van der Waals surface area contributed by atoms with Gasteiger partial charge in [-0.15, -0.1) is 0 Å². The Balaban J connectivity index is 2.41. The van der Waals surface area contributed by atoms with Crippen LogP contribution in [0.3, 0.4) is 0 Å². The molecule has 1 atom stereocenters. The Kier molecular flexibility index (Phi) is 7.74. The highest BCUT2D eigenvalue weighted by Crippen LogP contribution is 2.33. The number of carbonyl (C=O) groups excluding carboxylic acids is 1. The predicted molar refractivity (Wildman–Crippen MR) is 126 cm³/mol. The first-order valence-electron chi connectivity index (χ1n) is 11.1. The number of aliphatic carboxylic acids is 1. The Bertz CT molecular complexity index is 940. The first kappa shape index (κ1) is 24.7. The topological polar surface area (TPSA) is 75.6 Å². The molecule has 0 aliphatic heterocycles. The van der Waals surface area contributed by atoms with Gasteiger partial charge in [0.05, 0.1) is 12.2 Å². The van der Waals surface area contributed by atoms with Crippen molar-refractivity contribution >= 4 is 22.6 Å². The van der Waals surface area contributed by atoms with Crippen LogP contribution in [0.1, 0.15) is 76.7 Å². The zero-order valence-electron chi connectivity index (χ0n) is 20.0. The Morgan fingerprint density at radius 3 is 2.32 bits per heavy atom. The lowest BCUT2D eigenvalue weighted by molar-refractivity contribution is -0.142. The second-order valence-corrected chi connectivity index (χ2v) is 10.3. The Labute approximate surface area is 186 Å². The van der Waals surface area contributed by atoms with Crippen LogP contribution in [0, 0.1) is 17.8 Å². The first-order chi connectivity index (χ1) is 14.4. The summed E-state index contributed by atoms with van der Waals surface area (Å²) in [7, 11) is 0. The Morgan fingerprint density at radius 1 is 1.10 bits per heavy atom. The number of carbonyl (C=O) groups is 2. The van der Waals surface area contributed by atoms with Crippen LogP contribution in [0.25, 0.3) is 10.8 Å². The van der Waals surface area contributed by atoms with Gasteiger partial charge < -0.3 is 15.2 Å². The van der Waals surface area contributed by atoms with E-state index in [0.717, 1.165) is 29.2 Å². The standard InChI is InChI=1S/C26H37NO4/c1-8-26(6,7)22(24(29)30)27-23(28)19-13-12-18-11-10-17(2)16-20(18)21(19)31-15-9-14-25(3,4)5/h10-13,16,22H,8-9,14-15H2,1-7H3,(H,27,28)(H,29,30). The monoisotopic (exact) mass is 427 g/mol. The van der Waals surface area contributed by atoms with Gasteiger partial charge in [0.25, 0.3) is 5.91 Å². The smallest absolute Gasteiger partial charge is 0.326 e. The molecule has 0 fully saturated rings. The fourth-order valence-electron chi connectivity index (χ4n) is 3.52. The molecule has 31 heavy (non-hydrogen) atoms. The van der Waals surface area contributed by atoms with E-state index < -0.39 is 23.3 Å². The highest BCUT2D eigenvalue weighted by Gasteiger charge is 2.35. The van der Waals surface area contributed by atoms with Gasteiger partial charge in [-0.25, -0.2) is 4.79 Å². The predicted octanol–water partition coefficient (Wildman–Crippen LogP) is 5.97. The zero-order chi connectivity index (χ0) is 23.4. The molecule has 0 saturated heterocycles. The van der Waals surface area contributed by atoms with Crippen LogP contribution < -0.4 is 10.1 Å². The summed E-state index contributed by atoms with van der Waals surface area (Å²) in [6, 6.07) is 8.66. The van der Waals surface area contributed by atoms with Crippen molar-refractivity contribution in [3.05, 3.63) is 41.5 Å². The summed E-state index contributed by atoms with van der Waals surface area (Å²) in [5.74, 6) is -0.946. The van der Waals surface area contributed by atoms with E-state index in [-0.39, 0.29) is 5.41 Å². The van der Waals surface area contributed by atoms with Crippen LogP contribution in [0.2, 0.25) is 0 Å². The highest BCUT2D eigenvalue weighted by molar-refractivity contribution is 6.05. The maximum atomic E-state index is 13.2. The highest BCUT2D eigenvalue weighted by atomic mass is 16.5. The van der Waals surface area contributed by atoms with Crippen molar-refractivity contribution in [2.75, 3.05) is 6.61 Å². The largest absolute Gasteiger partial charge is 0.492 e. The SMILES string of the molecule is CCC(C)(C)C(NC(=O)c1ccc2ccc(C)cc2c1OCCCC(C)(C)C)C(=O)O. The minimum atomic E-state index is -1.04. The van der Waals surface area contributed by atoms with Gasteiger partial charge in [0.1, 0.15) is 11.8 Å². The minimum Gasteiger partial charge on any atom is -0.492 e. The van der Waals surface area contributed by atoms with Crippen LogP contribution in [0.4, 0.5) is 0 Å². The molecular weight excluding hydrogens is 390 g/mol.